The first-order valence-electron chi connectivity index (χ1n) is 18.6. The zero-order valence-corrected chi connectivity index (χ0v) is 29.2. The molecule has 50 heavy (non-hydrogen) atoms. The lowest BCUT2D eigenvalue weighted by Crippen LogP contribution is -2.34. The van der Waals surface area contributed by atoms with E-state index in [4.69, 9.17) is 0 Å². The van der Waals surface area contributed by atoms with Gasteiger partial charge in [0, 0.05) is 45.6 Å². The molecule has 0 unspecified atom stereocenters. The van der Waals surface area contributed by atoms with Crippen LogP contribution >= 0.6 is 0 Å². The SMILES string of the molecule is CC1(c2ccc(O)cc2)c2ccc([nH]2)C2(CCCCC2)c2ccc([nH]2)C(C)(c2ccc(O)cc2)c2ccc([nH]2)C2(CCCCC2)c2ccc1[nH]2. The molecule has 2 saturated carbocycles. The summed E-state index contributed by atoms with van der Waals surface area (Å²) < 4.78 is 0. The highest BCUT2D eigenvalue weighted by Crippen LogP contribution is 2.50. The number of phenols is 2. The summed E-state index contributed by atoms with van der Waals surface area (Å²) in [6, 6.07) is 34.1. The summed E-state index contributed by atoms with van der Waals surface area (Å²) in [5.74, 6) is 0.549. The molecule has 2 aliphatic carbocycles. The van der Waals surface area contributed by atoms with Crippen molar-refractivity contribution in [1.82, 2.24) is 19.9 Å². The van der Waals surface area contributed by atoms with Gasteiger partial charge in [-0.05, 0) is 123 Å². The summed E-state index contributed by atoms with van der Waals surface area (Å²) in [5, 5.41) is 20.6. The second-order valence-corrected chi connectivity index (χ2v) is 15.8. The van der Waals surface area contributed by atoms with Crippen LogP contribution in [0.2, 0.25) is 0 Å². The number of hydrogen-bond donors (Lipinski definition) is 6. The molecule has 3 aliphatic rings. The maximum atomic E-state index is 10.3. The highest BCUT2D eigenvalue weighted by atomic mass is 16.3. The van der Waals surface area contributed by atoms with Crippen molar-refractivity contribution in [1.29, 1.82) is 0 Å². The minimum Gasteiger partial charge on any atom is -0.508 e. The Morgan fingerprint density at radius 2 is 0.620 bits per heavy atom. The number of aromatic nitrogens is 4. The van der Waals surface area contributed by atoms with Crippen molar-refractivity contribution < 1.29 is 10.2 Å². The minimum absolute atomic E-state index is 0.175. The molecule has 2 spiro atoms. The maximum absolute atomic E-state index is 10.3. The molecule has 9 rings (SSSR count). The van der Waals surface area contributed by atoms with E-state index >= 15 is 0 Å². The number of hydrogen-bond acceptors (Lipinski definition) is 2. The average molecular weight is 665 g/mol. The molecule has 6 nitrogen and oxygen atoms in total. The van der Waals surface area contributed by atoms with Crippen LogP contribution in [0.25, 0.3) is 0 Å². The molecule has 0 radical (unpaired) electrons. The summed E-state index contributed by atoms with van der Waals surface area (Å²) in [6.07, 6.45) is 11.5. The Bertz CT molecular complexity index is 1880. The third kappa shape index (κ3) is 4.46. The predicted molar refractivity (Wildman–Crippen MR) is 198 cm³/mol. The highest BCUT2D eigenvalue weighted by Gasteiger charge is 2.45. The van der Waals surface area contributed by atoms with Crippen LogP contribution in [-0.2, 0) is 21.7 Å². The Kier molecular flexibility index (Phi) is 7.07. The minimum atomic E-state index is -0.508. The zero-order valence-electron chi connectivity index (χ0n) is 29.2. The van der Waals surface area contributed by atoms with E-state index < -0.39 is 10.8 Å². The second kappa shape index (κ2) is 11.3. The van der Waals surface area contributed by atoms with E-state index in [0.717, 1.165) is 59.6 Å². The van der Waals surface area contributed by atoms with Gasteiger partial charge in [0.15, 0.2) is 0 Å². The van der Waals surface area contributed by atoms with Gasteiger partial charge in [-0.25, -0.2) is 0 Å². The van der Waals surface area contributed by atoms with E-state index in [1.165, 1.54) is 61.3 Å². The Labute approximate surface area is 294 Å². The van der Waals surface area contributed by atoms with Crippen molar-refractivity contribution in [3.8, 4) is 11.5 Å². The van der Waals surface area contributed by atoms with E-state index in [2.05, 4.69) is 107 Å². The third-order valence-corrected chi connectivity index (χ3v) is 13.3. The number of fused-ring (bicyclic) bond motifs is 12. The Balaban J connectivity index is 1.33. The summed E-state index contributed by atoms with van der Waals surface area (Å²) in [6.45, 7) is 4.63. The third-order valence-electron chi connectivity index (χ3n) is 13.3. The average Bonchev–Trinajstić information content (AvgIpc) is 3.99. The van der Waals surface area contributed by atoms with Crippen molar-refractivity contribution in [2.75, 3.05) is 0 Å². The molecule has 6 aromatic rings. The van der Waals surface area contributed by atoms with Gasteiger partial charge in [-0.1, -0.05) is 62.8 Å². The number of nitrogens with one attached hydrogen (secondary N) is 4. The molecule has 6 N–H and O–H groups in total. The van der Waals surface area contributed by atoms with Gasteiger partial charge in [-0.2, -0.15) is 0 Å². The fourth-order valence-electron chi connectivity index (χ4n) is 10.0. The number of H-pyrrole nitrogens is 4. The second-order valence-electron chi connectivity index (χ2n) is 15.8. The quantitative estimate of drug-likeness (QED) is 0.111. The van der Waals surface area contributed by atoms with Crippen LogP contribution in [0, 0.1) is 0 Å². The first-order valence-corrected chi connectivity index (χ1v) is 18.6. The first kappa shape index (κ1) is 31.2. The summed E-state index contributed by atoms with van der Waals surface area (Å²) >= 11 is 0. The van der Waals surface area contributed by atoms with E-state index in [-0.39, 0.29) is 22.3 Å². The van der Waals surface area contributed by atoms with E-state index in [0.29, 0.717) is 0 Å². The number of benzene rings is 2. The lowest BCUT2D eigenvalue weighted by molar-refractivity contribution is 0.330. The molecule has 6 heteroatoms. The zero-order chi connectivity index (χ0) is 34.1. The fourth-order valence-corrected chi connectivity index (χ4v) is 10.0. The van der Waals surface area contributed by atoms with Crippen LogP contribution in [0.1, 0.15) is 135 Å². The van der Waals surface area contributed by atoms with Crippen LogP contribution in [-0.4, -0.2) is 30.1 Å². The molecule has 0 saturated heterocycles. The molecule has 4 aromatic heterocycles. The van der Waals surface area contributed by atoms with E-state index in [9.17, 15) is 10.2 Å². The molecular formula is C44H48N4O2. The van der Waals surface area contributed by atoms with Gasteiger partial charge in [0.25, 0.3) is 0 Å². The lowest BCUT2D eigenvalue weighted by Gasteiger charge is -2.38. The van der Waals surface area contributed by atoms with Crippen molar-refractivity contribution in [2.24, 2.45) is 0 Å². The van der Waals surface area contributed by atoms with Gasteiger partial charge in [-0.3, -0.25) is 0 Å². The summed E-state index contributed by atoms with van der Waals surface area (Å²) in [4.78, 5) is 16.2. The molecule has 256 valence electrons. The molecule has 8 bridgehead atoms. The topological polar surface area (TPSA) is 104 Å². The van der Waals surface area contributed by atoms with Gasteiger partial charge in [0.05, 0.1) is 21.7 Å². The van der Waals surface area contributed by atoms with Crippen LogP contribution in [0.3, 0.4) is 0 Å². The van der Waals surface area contributed by atoms with E-state index in [1.54, 1.807) is 0 Å². The van der Waals surface area contributed by atoms with Gasteiger partial charge >= 0.3 is 0 Å². The van der Waals surface area contributed by atoms with Crippen molar-refractivity contribution in [2.45, 2.75) is 99.7 Å². The normalized spacial score (nSPS) is 24.0. The van der Waals surface area contributed by atoms with Gasteiger partial charge < -0.3 is 30.1 Å². The van der Waals surface area contributed by atoms with Gasteiger partial charge in [0.1, 0.15) is 11.5 Å². The Morgan fingerprint density at radius 1 is 0.360 bits per heavy atom. The molecule has 0 amide bonds. The number of rotatable bonds is 2. The lowest BCUT2D eigenvalue weighted by atomic mass is 9.69. The Morgan fingerprint density at radius 3 is 0.900 bits per heavy atom. The molecule has 2 aromatic carbocycles. The van der Waals surface area contributed by atoms with Crippen LogP contribution in [0.5, 0.6) is 11.5 Å². The van der Waals surface area contributed by atoms with Crippen LogP contribution < -0.4 is 0 Å². The van der Waals surface area contributed by atoms with E-state index in [1.807, 2.05) is 24.3 Å². The predicted octanol–water partition coefficient (Wildman–Crippen LogP) is 9.93. The van der Waals surface area contributed by atoms with Gasteiger partial charge in [-0.15, -0.1) is 0 Å². The van der Waals surface area contributed by atoms with Gasteiger partial charge in [0.2, 0.25) is 0 Å². The maximum Gasteiger partial charge on any atom is 0.115 e. The molecular weight excluding hydrogens is 617 g/mol. The fraction of sp³-hybridized carbons (Fsp3) is 0.364. The van der Waals surface area contributed by atoms with Crippen molar-refractivity contribution >= 4 is 0 Å². The highest BCUT2D eigenvalue weighted by molar-refractivity contribution is 5.53. The summed E-state index contributed by atoms with van der Waals surface area (Å²) in [5.41, 5.74) is 10.5. The summed E-state index contributed by atoms with van der Waals surface area (Å²) in [7, 11) is 0. The molecule has 5 heterocycles. The Hall–Kier alpha value is -4.84. The van der Waals surface area contributed by atoms with Crippen LogP contribution in [0.15, 0.2) is 97.1 Å². The molecule has 0 atom stereocenters. The number of phenolic OH excluding ortho intramolecular Hbond substituents is 2. The van der Waals surface area contributed by atoms with Crippen LogP contribution in [0.4, 0.5) is 0 Å². The van der Waals surface area contributed by atoms with Crippen molar-refractivity contribution in [3.63, 3.8) is 0 Å². The standard InChI is InChI=1S/C44H48N4O2/c1-41(29-9-13-31(49)14-10-29)33-17-21-37(45-33)43(25-5-3-6-26-43)39-23-19-35(47-39)42(2,30-11-15-32(50)16-12-30)36-20-24-40(48-36)44(27-7-4-8-28-44)38-22-18-34(41)46-38/h9-24,45-50H,3-8,25-28H2,1-2H3. The largest absolute Gasteiger partial charge is 0.508 e. The number of aromatic hydroxyl groups is 2. The molecule has 2 fully saturated rings. The number of aromatic amines is 4. The van der Waals surface area contributed by atoms with Crippen molar-refractivity contribution in [3.05, 3.63) is 154 Å². The monoisotopic (exact) mass is 664 g/mol. The smallest absolute Gasteiger partial charge is 0.115 e. The molecule has 1 aliphatic heterocycles. The first-order chi connectivity index (χ1) is 24.3.